The normalized spacial score (nSPS) is 13.3. The van der Waals surface area contributed by atoms with Crippen LogP contribution in [0.1, 0.15) is 31.1 Å². The molecular formula is C13H18BrClN2O3S. The molecular weight excluding hydrogens is 380 g/mol. The van der Waals surface area contributed by atoms with Gasteiger partial charge in [-0.3, -0.25) is 4.79 Å². The summed E-state index contributed by atoms with van der Waals surface area (Å²) in [7, 11) is -3.91. The summed E-state index contributed by atoms with van der Waals surface area (Å²) in [5, 5.41) is 7.98. The molecule has 1 unspecified atom stereocenters. The zero-order valence-electron chi connectivity index (χ0n) is 12.0. The summed E-state index contributed by atoms with van der Waals surface area (Å²) in [4.78, 5) is 12.0. The first-order chi connectivity index (χ1) is 9.54. The molecule has 1 atom stereocenters. The number of rotatable bonds is 5. The Bertz CT molecular complexity index is 647. The molecule has 118 valence electrons. The fraction of sp³-hybridized carbons (Fsp3) is 0.462. The second kappa shape index (κ2) is 7.09. The minimum absolute atomic E-state index is 0.0750. The van der Waals surface area contributed by atoms with Crippen LogP contribution in [0.5, 0.6) is 0 Å². The molecule has 21 heavy (non-hydrogen) atoms. The van der Waals surface area contributed by atoms with Crippen molar-refractivity contribution < 1.29 is 13.2 Å². The van der Waals surface area contributed by atoms with Gasteiger partial charge in [0.1, 0.15) is 0 Å². The van der Waals surface area contributed by atoms with Gasteiger partial charge < -0.3 is 5.32 Å². The van der Waals surface area contributed by atoms with Crippen LogP contribution < -0.4 is 10.5 Å². The van der Waals surface area contributed by atoms with Gasteiger partial charge in [-0.1, -0.05) is 32.4 Å². The highest BCUT2D eigenvalue weighted by Crippen LogP contribution is 2.29. The van der Waals surface area contributed by atoms with Gasteiger partial charge in [0, 0.05) is 11.0 Å². The number of nitrogens with one attached hydrogen (secondary N) is 1. The van der Waals surface area contributed by atoms with E-state index in [9.17, 15) is 13.2 Å². The highest BCUT2D eigenvalue weighted by Gasteiger charge is 2.19. The number of amides is 1. The largest absolute Gasteiger partial charge is 0.352 e. The molecule has 0 aliphatic heterocycles. The second-order valence-electron chi connectivity index (χ2n) is 5.24. The Morgan fingerprint density at radius 2 is 1.95 bits per heavy atom. The zero-order valence-corrected chi connectivity index (χ0v) is 15.1. The molecule has 1 rings (SSSR count). The topological polar surface area (TPSA) is 89.3 Å². The molecule has 0 aliphatic rings. The molecule has 0 spiro atoms. The molecule has 5 nitrogen and oxygen atoms in total. The average Bonchev–Trinajstić information content (AvgIpc) is 2.37. The van der Waals surface area contributed by atoms with Gasteiger partial charge in [-0.15, -0.1) is 0 Å². The van der Waals surface area contributed by atoms with Crippen LogP contribution in [0.3, 0.4) is 0 Å². The molecule has 0 aromatic heterocycles. The number of sulfonamides is 1. The third-order valence-corrected chi connectivity index (χ3v) is 5.45. The molecule has 3 N–H and O–H groups in total. The molecule has 0 bridgehead atoms. The molecule has 8 heteroatoms. The van der Waals surface area contributed by atoms with E-state index in [0.29, 0.717) is 16.9 Å². The van der Waals surface area contributed by atoms with E-state index in [2.05, 4.69) is 35.1 Å². The number of primary sulfonamides is 1. The molecule has 0 aliphatic carbocycles. The molecule has 1 aromatic rings. The van der Waals surface area contributed by atoms with E-state index in [-0.39, 0.29) is 21.4 Å². The van der Waals surface area contributed by atoms with Gasteiger partial charge in [0.25, 0.3) is 5.91 Å². The van der Waals surface area contributed by atoms with Crippen LogP contribution in [0.4, 0.5) is 0 Å². The number of carbonyl (C=O) groups excluding carboxylic acids is 1. The smallest absolute Gasteiger partial charge is 0.252 e. The zero-order chi connectivity index (χ0) is 16.4. The molecule has 0 radical (unpaired) electrons. The Hall–Kier alpha value is -0.630. The lowest BCUT2D eigenvalue weighted by Crippen LogP contribution is -2.30. The maximum Gasteiger partial charge on any atom is 0.252 e. The first-order valence-corrected chi connectivity index (χ1v) is 9.05. The highest BCUT2D eigenvalue weighted by molar-refractivity contribution is 9.10. The highest BCUT2D eigenvalue weighted by atomic mass is 79.9. The SMILES string of the molecule is CC(C)C(C)CNC(=O)c1cc(S(N)(=O)=O)cc(Br)c1Cl. The van der Waals surface area contributed by atoms with Gasteiger partial charge in [0.15, 0.2) is 0 Å². The van der Waals surface area contributed by atoms with Crippen molar-refractivity contribution in [2.45, 2.75) is 25.7 Å². The molecule has 1 aromatic carbocycles. The summed E-state index contributed by atoms with van der Waals surface area (Å²) in [6, 6.07) is 2.45. The van der Waals surface area contributed by atoms with Crippen molar-refractivity contribution in [3.8, 4) is 0 Å². The van der Waals surface area contributed by atoms with E-state index in [1.165, 1.54) is 12.1 Å². The minimum atomic E-state index is -3.91. The van der Waals surface area contributed by atoms with Gasteiger partial charge in [-0.2, -0.15) is 0 Å². The Labute approximate surface area is 138 Å². The van der Waals surface area contributed by atoms with E-state index < -0.39 is 15.9 Å². The van der Waals surface area contributed by atoms with Crippen molar-refractivity contribution >= 4 is 43.5 Å². The molecule has 0 saturated heterocycles. The Balaban J connectivity index is 3.07. The van der Waals surface area contributed by atoms with E-state index >= 15 is 0 Å². The number of benzene rings is 1. The van der Waals surface area contributed by atoms with Gasteiger partial charge in [-0.05, 0) is 39.9 Å². The molecule has 0 saturated carbocycles. The summed E-state index contributed by atoms with van der Waals surface area (Å²) in [6.07, 6.45) is 0. The van der Waals surface area contributed by atoms with Crippen molar-refractivity contribution in [2.75, 3.05) is 6.54 Å². The van der Waals surface area contributed by atoms with Crippen molar-refractivity contribution in [1.82, 2.24) is 5.32 Å². The molecule has 0 heterocycles. The van der Waals surface area contributed by atoms with Crippen LogP contribution in [0.15, 0.2) is 21.5 Å². The quantitative estimate of drug-likeness (QED) is 0.800. The van der Waals surface area contributed by atoms with Crippen molar-refractivity contribution in [2.24, 2.45) is 17.0 Å². The first-order valence-electron chi connectivity index (χ1n) is 6.34. The van der Waals surface area contributed by atoms with Crippen LogP contribution in [0.25, 0.3) is 0 Å². The fourth-order valence-electron chi connectivity index (χ4n) is 1.48. The summed E-state index contributed by atoms with van der Waals surface area (Å²) in [5.41, 5.74) is 0.0750. The second-order valence-corrected chi connectivity index (χ2v) is 8.04. The third-order valence-electron chi connectivity index (χ3n) is 3.30. The first kappa shape index (κ1) is 18.4. The number of carbonyl (C=O) groups is 1. The summed E-state index contributed by atoms with van der Waals surface area (Å²) >= 11 is 9.17. The molecule has 0 fully saturated rings. The van der Waals surface area contributed by atoms with Crippen LogP contribution in [0, 0.1) is 11.8 Å². The minimum Gasteiger partial charge on any atom is -0.352 e. The lowest BCUT2D eigenvalue weighted by atomic mass is 9.98. The summed E-state index contributed by atoms with van der Waals surface area (Å²) < 4.78 is 23.1. The number of halogens is 2. The number of hydrogen-bond donors (Lipinski definition) is 2. The van der Waals surface area contributed by atoms with Crippen LogP contribution in [-0.2, 0) is 10.0 Å². The van der Waals surface area contributed by atoms with Gasteiger partial charge in [0.2, 0.25) is 10.0 Å². The standard InChI is InChI=1S/C13H18BrClN2O3S/c1-7(2)8(3)6-17-13(18)10-4-9(21(16,19)20)5-11(14)12(10)15/h4-5,7-8H,6H2,1-3H3,(H,17,18)(H2,16,19,20). The van der Waals surface area contributed by atoms with Crippen molar-refractivity contribution in [3.63, 3.8) is 0 Å². The van der Waals surface area contributed by atoms with Crippen LogP contribution in [0.2, 0.25) is 5.02 Å². The maximum atomic E-state index is 12.2. The Morgan fingerprint density at radius 3 is 2.43 bits per heavy atom. The van der Waals surface area contributed by atoms with Gasteiger partial charge in [-0.25, -0.2) is 13.6 Å². The fourth-order valence-corrected chi connectivity index (χ4v) is 2.85. The average molecular weight is 398 g/mol. The number of nitrogens with two attached hydrogens (primary N) is 1. The predicted octanol–water partition coefficient (Wildman–Crippen LogP) is 2.77. The summed E-state index contributed by atoms with van der Waals surface area (Å²) in [6.45, 7) is 6.61. The van der Waals surface area contributed by atoms with Crippen LogP contribution >= 0.6 is 27.5 Å². The van der Waals surface area contributed by atoms with Gasteiger partial charge >= 0.3 is 0 Å². The number of hydrogen-bond acceptors (Lipinski definition) is 3. The van der Waals surface area contributed by atoms with E-state index in [4.69, 9.17) is 16.7 Å². The Morgan fingerprint density at radius 1 is 1.38 bits per heavy atom. The van der Waals surface area contributed by atoms with E-state index in [1.807, 2.05) is 6.92 Å². The maximum absolute atomic E-state index is 12.2. The van der Waals surface area contributed by atoms with E-state index in [1.54, 1.807) is 0 Å². The van der Waals surface area contributed by atoms with Crippen LogP contribution in [-0.4, -0.2) is 20.9 Å². The third kappa shape index (κ3) is 4.95. The summed E-state index contributed by atoms with van der Waals surface area (Å²) in [5.74, 6) is 0.277. The monoisotopic (exact) mass is 396 g/mol. The molecule has 1 amide bonds. The van der Waals surface area contributed by atoms with Crippen molar-refractivity contribution in [3.05, 3.63) is 27.2 Å². The predicted molar refractivity (Wildman–Crippen MR) is 86.9 cm³/mol. The van der Waals surface area contributed by atoms with Crippen molar-refractivity contribution in [1.29, 1.82) is 0 Å². The lowest BCUT2D eigenvalue weighted by Gasteiger charge is -2.16. The Kier molecular flexibility index (Phi) is 6.22. The lowest BCUT2D eigenvalue weighted by molar-refractivity contribution is 0.0945. The van der Waals surface area contributed by atoms with Gasteiger partial charge in [0.05, 0.1) is 15.5 Å². The van der Waals surface area contributed by atoms with E-state index in [0.717, 1.165) is 0 Å².